The predicted molar refractivity (Wildman–Crippen MR) is 115 cm³/mol. The number of rotatable bonds is 7. The van der Waals surface area contributed by atoms with Gasteiger partial charge in [0.05, 0.1) is 5.75 Å². The average Bonchev–Trinajstić information content (AvgIpc) is 2.73. The van der Waals surface area contributed by atoms with Crippen molar-refractivity contribution >= 4 is 39.4 Å². The summed E-state index contributed by atoms with van der Waals surface area (Å²) in [7, 11) is -3.43. The Hall–Kier alpha value is -2.42. The minimum absolute atomic E-state index is 0.0571. The van der Waals surface area contributed by atoms with Gasteiger partial charge in [-0.1, -0.05) is 29.8 Å². The molecule has 1 aliphatic heterocycles. The van der Waals surface area contributed by atoms with E-state index in [1.54, 1.807) is 30.5 Å². The molecule has 3 rings (SSSR count). The van der Waals surface area contributed by atoms with Gasteiger partial charge in [-0.15, -0.1) is 0 Å². The third kappa shape index (κ3) is 6.28. The summed E-state index contributed by atoms with van der Waals surface area (Å²) in [4.78, 5) is 18.3. The maximum atomic E-state index is 12.5. The van der Waals surface area contributed by atoms with Gasteiger partial charge in [-0.2, -0.15) is 4.31 Å². The van der Waals surface area contributed by atoms with Crippen LogP contribution in [0.2, 0.25) is 5.02 Å². The number of nitrogens with zero attached hydrogens (tertiary/aromatic N) is 3. The highest BCUT2D eigenvalue weighted by molar-refractivity contribution is 7.89. The van der Waals surface area contributed by atoms with Crippen molar-refractivity contribution in [2.45, 2.75) is 0 Å². The fourth-order valence-electron chi connectivity index (χ4n) is 3.01. The number of halogens is 1. The van der Waals surface area contributed by atoms with Crippen molar-refractivity contribution in [1.29, 1.82) is 0 Å². The average molecular weight is 435 g/mol. The molecular formula is C20H23ClN4O3S. The summed E-state index contributed by atoms with van der Waals surface area (Å²) in [5.74, 6) is 0.372. The van der Waals surface area contributed by atoms with Crippen LogP contribution in [0.4, 0.5) is 5.82 Å². The van der Waals surface area contributed by atoms with Gasteiger partial charge >= 0.3 is 0 Å². The lowest BCUT2D eigenvalue weighted by Gasteiger charge is -2.34. The molecule has 0 bridgehead atoms. The largest absolute Gasteiger partial charge is 0.354 e. The Morgan fingerprint density at radius 2 is 1.93 bits per heavy atom. The molecule has 1 N–H and O–H groups in total. The van der Waals surface area contributed by atoms with Crippen molar-refractivity contribution in [2.75, 3.05) is 43.4 Å². The molecule has 2 aromatic rings. The number of carbonyl (C=O) groups is 1. The molecule has 1 aromatic heterocycles. The van der Waals surface area contributed by atoms with E-state index in [2.05, 4.69) is 15.2 Å². The number of benzene rings is 1. The van der Waals surface area contributed by atoms with Gasteiger partial charge in [-0.25, -0.2) is 13.4 Å². The van der Waals surface area contributed by atoms with Crippen molar-refractivity contribution in [3.63, 3.8) is 0 Å². The zero-order valence-electron chi connectivity index (χ0n) is 15.9. The first kappa shape index (κ1) is 21.3. The highest BCUT2D eigenvalue weighted by atomic mass is 35.5. The molecular weight excluding hydrogens is 412 g/mol. The standard InChI is InChI=1S/C20H23ClN4O3S/c21-18-5-3-4-17(16-18)7-8-20(26)23-10-15-29(27,28)25-13-11-24(12-14-25)19-6-1-2-9-22-19/h1-9,16H,10-15H2,(H,23,26). The second-order valence-electron chi connectivity index (χ2n) is 6.57. The van der Waals surface area contributed by atoms with E-state index < -0.39 is 10.0 Å². The van der Waals surface area contributed by atoms with Crippen LogP contribution in [0.3, 0.4) is 0 Å². The van der Waals surface area contributed by atoms with Crippen LogP contribution in [0.5, 0.6) is 0 Å². The van der Waals surface area contributed by atoms with Gasteiger partial charge < -0.3 is 10.2 Å². The molecule has 1 aliphatic rings. The van der Waals surface area contributed by atoms with E-state index in [9.17, 15) is 13.2 Å². The van der Waals surface area contributed by atoms with E-state index >= 15 is 0 Å². The molecule has 154 valence electrons. The Labute approximate surface area is 176 Å². The highest BCUT2D eigenvalue weighted by Gasteiger charge is 2.27. The Morgan fingerprint density at radius 3 is 2.62 bits per heavy atom. The van der Waals surface area contributed by atoms with Crippen LogP contribution in [-0.2, 0) is 14.8 Å². The van der Waals surface area contributed by atoms with Gasteiger partial charge in [-0.3, -0.25) is 4.79 Å². The first-order valence-corrected chi connectivity index (χ1v) is 11.3. The van der Waals surface area contributed by atoms with Crippen LogP contribution in [0.25, 0.3) is 6.08 Å². The number of nitrogens with one attached hydrogen (secondary N) is 1. The minimum atomic E-state index is -3.43. The maximum absolute atomic E-state index is 12.5. The second-order valence-corrected chi connectivity index (χ2v) is 9.09. The smallest absolute Gasteiger partial charge is 0.244 e. The molecule has 1 amide bonds. The monoisotopic (exact) mass is 434 g/mol. The van der Waals surface area contributed by atoms with Crippen LogP contribution >= 0.6 is 11.6 Å². The molecule has 0 atom stereocenters. The van der Waals surface area contributed by atoms with Crippen molar-refractivity contribution in [2.24, 2.45) is 0 Å². The minimum Gasteiger partial charge on any atom is -0.354 e. The predicted octanol–water partition coefficient (Wildman–Crippen LogP) is 2.02. The third-order valence-electron chi connectivity index (χ3n) is 4.54. The van der Waals surface area contributed by atoms with E-state index in [1.807, 2.05) is 24.3 Å². The van der Waals surface area contributed by atoms with Crippen molar-refractivity contribution in [3.05, 3.63) is 65.3 Å². The van der Waals surface area contributed by atoms with Crippen molar-refractivity contribution in [3.8, 4) is 0 Å². The van der Waals surface area contributed by atoms with Gasteiger partial charge in [0, 0.05) is 50.0 Å². The Balaban J connectivity index is 1.43. The molecule has 7 nitrogen and oxygen atoms in total. The number of hydrogen-bond donors (Lipinski definition) is 1. The highest BCUT2D eigenvalue weighted by Crippen LogP contribution is 2.15. The van der Waals surface area contributed by atoms with Gasteiger partial charge in [0.25, 0.3) is 0 Å². The van der Waals surface area contributed by atoms with Crippen molar-refractivity contribution in [1.82, 2.24) is 14.6 Å². The summed E-state index contributed by atoms with van der Waals surface area (Å²) in [5.41, 5.74) is 0.797. The van der Waals surface area contributed by atoms with E-state index in [1.165, 1.54) is 10.4 Å². The molecule has 1 fully saturated rings. The Bertz CT molecular complexity index is 959. The summed E-state index contributed by atoms with van der Waals surface area (Å²) in [6.45, 7) is 2.04. The van der Waals surface area contributed by atoms with Crippen LogP contribution in [0, 0.1) is 0 Å². The van der Waals surface area contributed by atoms with E-state index in [0.29, 0.717) is 31.2 Å². The van der Waals surface area contributed by atoms with Crippen LogP contribution in [-0.4, -0.2) is 62.1 Å². The summed E-state index contributed by atoms with van der Waals surface area (Å²) < 4.78 is 26.5. The molecule has 9 heteroatoms. The molecule has 1 aromatic carbocycles. The van der Waals surface area contributed by atoms with E-state index in [4.69, 9.17) is 11.6 Å². The summed E-state index contributed by atoms with van der Waals surface area (Å²) in [6.07, 6.45) is 4.72. The first-order chi connectivity index (χ1) is 13.9. The number of anilines is 1. The zero-order chi connectivity index (χ0) is 20.7. The SMILES string of the molecule is O=C(C=Cc1cccc(Cl)c1)NCCS(=O)(=O)N1CCN(c2ccccn2)CC1. The third-order valence-corrected chi connectivity index (χ3v) is 6.65. The molecule has 0 radical (unpaired) electrons. The molecule has 0 unspecified atom stereocenters. The first-order valence-electron chi connectivity index (χ1n) is 9.29. The molecule has 0 aliphatic carbocycles. The lowest BCUT2D eigenvalue weighted by Crippen LogP contribution is -2.50. The number of hydrogen-bond acceptors (Lipinski definition) is 5. The Morgan fingerprint density at radius 1 is 1.14 bits per heavy atom. The van der Waals surface area contributed by atoms with Crippen LogP contribution < -0.4 is 10.2 Å². The lowest BCUT2D eigenvalue weighted by atomic mass is 10.2. The fraction of sp³-hybridized carbons (Fsp3) is 0.300. The van der Waals surface area contributed by atoms with Crippen LogP contribution in [0.15, 0.2) is 54.7 Å². The fourth-order valence-corrected chi connectivity index (χ4v) is 4.55. The molecule has 0 saturated carbocycles. The topological polar surface area (TPSA) is 82.6 Å². The van der Waals surface area contributed by atoms with Crippen molar-refractivity contribution < 1.29 is 13.2 Å². The normalized spacial score (nSPS) is 15.6. The number of amides is 1. The summed E-state index contributed by atoms with van der Waals surface area (Å²) >= 11 is 5.90. The van der Waals surface area contributed by atoms with Gasteiger partial charge in [0.1, 0.15) is 5.82 Å². The maximum Gasteiger partial charge on any atom is 0.244 e. The molecule has 29 heavy (non-hydrogen) atoms. The number of sulfonamides is 1. The summed E-state index contributed by atoms with van der Waals surface area (Å²) in [5, 5.41) is 3.20. The van der Waals surface area contributed by atoms with E-state index in [-0.39, 0.29) is 18.2 Å². The lowest BCUT2D eigenvalue weighted by molar-refractivity contribution is -0.116. The van der Waals surface area contributed by atoms with E-state index in [0.717, 1.165) is 11.4 Å². The zero-order valence-corrected chi connectivity index (χ0v) is 17.4. The number of piperazine rings is 1. The van der Waals surface area contributed by atoms with Gasteiger partial charge in [0.2, 0.25) is 15.9 Å². The number of aromatic nitrogens is 1. The van der Waals surface area contributed by atoms with Crippen LogP contribution in [0.1, 0.15) is 5.56 Å². The molecule has 2 heterocycles. The molecule has 0 spiro atoms. The molecule has 1 saturated heterocycles. The second kappa shape index (κ2) is 9.87. The summed E-state index contributed by atoms with van der Waals surface area (Å²) in [6, 6.07) is 12.8. The Kier molecular flexibility index (Phi) is 7.24. The van der Waals surface area contributed by atoms with Gasteiger partial charge in [0.15, 0.2) is 0 Å². The number of carbonyl (C=O) groups excluding carboxylic acids is 1. The van der Waals surface area contributed by atoms with Gasteiger partial charge in [-0.05, 0) is 35.9 Å². The quantitative estimate of drug-likeness (QED) is 0.674. The number of pyridine rings is 1.